The summed E-state index contributed by atoms with van der Waals surface area (Å²) in [7, 11) is 2.73. The standard InChI is InChI=1S/C9H14N2O3/c1-9(2,8(13)14-4)11(3)7(12)5-6-10/h5H2,1-4H3. The lowest BCUT2D eigenvalue weighted by Gasteiger charge is -2.32. The number of esters is 1. The molecule has 0 bridgehead atoms. The van der Waals surface area contributed by atoms with Crippen LogP contribution in [0, 0.1) is 11.3 Å². The average Bonchev–Trinajstić information content (AvgIpc) is 2.15. The van der Waals surface area contributed by atoms with E-state index in [2.05, 4.69) is 4.74 Å². The Morgan fingerprint density at radius 3 is 2.36 bits per heavy atom. The Balaban J connectivity index is 4.67. The zero-order valence-corrected chi connectivity index (χ0v) is 8.83. The summed E-state index contributed by atoms with van der Waals surface area (Å²) in [5.41, 5.74) is -1.04. The predicted octanol–water partition coefficient (Wildman–Crippen LogP) is 0.310. The molecule has 0 spiro atoms. The van der Waals surface area contributed by atoms with Gasteiger partial charge in [0.1, 0.15) is 12.0 Å². The molecule has 1 amide bonds. The second-order valence-corrected chi connectivity index (χ2v) is 3.34. The van der Waals surface area contributed by atoms with Gasteiger partial charge < -0.3 is 9.64 Å². The molecule has 0 aromatic heterocycles. The first-order chi connectivity index (χ1) is 6.37. The highest BCUT2D eigenvalue weighted by atomic mass is 16.5. The van der Waals surface area contributed by atoms with Gasteiger partial charge in [0.15, 0.2) is 0 Å². The van der Waals surface area contributed by atoms with E-state index in [1.807, 2.05) is 0 Å². The Bertz CT molecular complexity index is 278. The van der Waals surface area contributed by atoms with E-state index < -0.39 is 17.4 Å². The van der Waals surface area contributed by atoms with E-state index in [0.717, 1.165) is 0 Å². The van der Waals surface area contributed by atoms with Crippen molar-refractivity contribution in [1.29, 1.82) is 5.26 Å². The van der Waals surface area contributed by atoms with Crippen LogP contribution in [0.5, 0.6) is 0 Å². The minimum absolute atomic E-state index is 0.239. The Labute approximate surface area is 83.2 Å². The van der Waals surface area contributed by atoms with E-state index in [4.69, 9.17) is 5.26 Å². The fourth-order valence-electron chi connectivity index (χ4n) is 0.885. The van der Waals surface area contributed by atoms with Crippen LogP contribution < -0.4 is 0 Å². The molecule has 0 aliphatic rings. The van der Waals surface area contributed by atoms with E-state index in [-0.39, 0.29) is 6.42 Å². The third-order valence-corrected chi connectivity index (χ3v) is 2.13. The number of amides is 1. The monoisotopic (exact) mass is 198 g/mol. The molecule has 0 unspecified atom stereocenters. The van der Waals surface area contributed by atoms with E-state index in [1.54, 1.807) is 19.9 Å². The first-order valence-corrected chi connectivity index (χ1v) is 4.10. The summed E-state index contributed by atoms with van der Waals surface area (Å²) < 4.78 is 4.55. The normalized spacial score (nSPS) is 10.2. The predicted molar refractivity (Wildman–Crippen MR) is 49.1 cm³/mol. The average molecular weight is 198 g/mol. The number of nitriles is 1. The van der Waals surface area contributed by atoms with Crippen molar-refractivity contribution in [3.63, 3.8) is 0 Å². The summed E-state index contributed by atoms with van der Waals surface area (Å²) in [5, 5.41) is 8.33. The van der Waals surface area contributed by atoms with Crippen LogP contribution >= 0.6 is 0 Å². The number of hydrogen-bond acceptors (Lipinski definition) is 4. The van der Waals surface area contributed by atoms with Gasteiger partial charge in [0.05, 0.1) is 13.2 Å². The molecule has 78 valence electrons. The number of ether oxygens (including phenoxy) is 1. The summed E-state index contributed by atoms with van der Waals surface area (Å²) in [6, 6.07) is 1.73. The van der Waals surface area contributed by atoms with Crippen LogP contribution in [0.4, 0.5) is 0 Å². The topological polar surface area (TPSA) is 70.4 Å². The second kappa shape index (κ2) is 4.61. The van der Waals surface area contributed by atoms with Gasteiger partial charge in [0.2, 0.25) is 5.91 Å². The molecule has 0 rings (SSSR count). The molecule has 0 aliphatic heterocycles. The van der Waals surface area contributed by atoms with Gasteiger partial charge in [0.25, 0.3) is 0 Å². The number of methoxy groups -OCH3 is 1. The molecule has 5 heteroatoms. The maximum absolute atomic E-state index is 11.3. The van der Waals surface area contributed by atoms with Crippen molar-refractivity contribution >= 4 is 11.9 Å². The molecule has 0 radical (unpaired) electrons. The number of carbonyl (C=O) groups excluding carboxylic acids is 2. The molecule has 5 nitrogen and oxygen atoms in total. The minimum atomic E-state index is -1.04. The third-order valence-electron chi connectivity index (χ3n) is 2.13. The maximum atomic E-state index is 11.3. The van der Waals surface area contributed by atoms with Crippen molar-refractivity contribution in [1.82, 2.24) is 4.90 Å². The summed E-state index contributed by atoms with van der Waals surface area (Å²) in [6.45, 7) is 3.13. The molecule has 0 N–H and O–H groups in total. The van der Waals surface area contributed by atoms with Crippen molar-refractivity contribution in [2.24, 2.45) is 0 Å². The molecule has 0 saturated heterocycles. The van der Waals surface area contributed by atoms with Crippen LogP contribution in [0.3, 0.4) is 0 Å². The maximum Gasteiger partial charge on any atom is 0.331 e. The van der Waals surface area contributed by atoms with E-state index in [0.29, 0.717) is 0 Å². The Morgan fingerprint density at radius 2 is 2.00 bits per heavy atom. The van der Waals surface area contributed by atoms with Gasteiger partial charge in [-0.3, -0.25) is 4.79 Å². The zero-order valence-electron chi connectivity index (χ0n) is 8.83. The van der Waals surface area contributed by atoms with Gasteiger partial charge in [-0.15, -0.1) is 0 Å². The van der Waals surface area contributed by atoms with Crippen LogP contribution in [-0.4, -0.2) is 36.5 Å². The highest BCUT2D eigenvalue weighted by Crippen LogP contribution is 2.14. The molecule has 0 atom stereocenters. The molecular weight excluding hydrogens is 184 g/mol. The number of hydrogen-bond donors (Lipinski definition) is 0. The van der Waals surface area contributed by atoms with Gasteiger partial charge in [-0.25, -0.2) is 4.79 Å². The molecule has 14 heavy (non-hydrogen) atoms. The lowest BCUT2D eigenvalue weighted by molar-refractivity contribution is -0.157. The molecule has 0 heterocycles. The minimum Gasteiger partial charge on any atom is -0.467 e. The molecule has 0 saturated carbocycles. The van der Waals surface area contributed by atoms with Gasteiger partial charge >= 0.3 is 5.97 Å². The number of nitrogens with zero attached hydrogens (tertiary/aromatic N) is 2. The van der Waals surface area contributed by atoms with E-state index >= 15 is 0 Å². The smallest absolute Gasteiger partial charge is 0.331 e. The molecule has 0 aliphatic carbocycles. The fourth-order valence-corrected chi connectivity index (χ4v) is 0.885. The van der Waals surface area contributed by atoms with Gasteiger partial charge in [-0.05, 0) is 13.8 Å². The summed E-state index contributed by atoms with van der Waals surface area (Å²) in [5.74, 6) is -0.908. The van der Waals surface area contributed by atoms with Gasteiger partial charge in [-0.1, -0.05) is 0 Å². The largest absolute Gasteiger partial charge is 0.467 e. The lowest BCUT2D eigenvalue weighted by Crippen LogP contribution is -2.51. The molecule has 0 fully saturated rings. The van der Waals surface area contributed by atoms with E-state index in [1.165, 1.54) is 19.1 Å². The van der Waals surface area contributed by atoms with Crippen molar-refractivity contribution in [3.05, 3.63) is 0 Å². The van der Waals surface area contributed by atoms with Gasteiger partial charge in [0, 0.05) is 7.05 Å². The molecule has 0 aromatic rings. The Kier molecular flexibility index (Phi) is 4.09. The van der Waals surface area contributed by atoms with Crippen LogP contribution in [0.2, 0.25) is 0 Å². The number of rotatable bonds is 3. The van der Waals surface area contributed by atoms with E-state index in [9.17, 15) is 9.59 Å². The van der Waals surface area contributed by atoms with Crippen molar-refractivity contribution in [2.75, 3.05) is 14.2 Å². The molecular formula is C9H14N2O3. The van der Waals surface area contributed by atoms with Crippen LogP contribution in [-0.2, 0) is 14.3 Å². The summed E-state index contributed by atoms with van der Waals surface area (Å²) in [6.07, 6.45) is -0.239. The Hall–Kier alpha value is -1.57. The molecule has 0 aromatic carbocycles. The third kappa shape index (κ3) is 2.46. The number of carbonyl (C=O) groups is 2. The van der Waals surface area contributed by atoms with Crippen LogP contribution in [0.25, 0.3) is 0 Å². The van der Waals surface area contributed by atoms with Crippen LogP contribution in [0.1, 0.15) is 20.3 Å². The lowest BCUT2D eigenvalue weighted by atomic mass is 10.0. The highest BCUT2D eigenvalue weighted by Gasteiger charge is 2.35. The first kappa shape index (κ1) is 12.4. The fraction of sp³-hybridized carbons (Fsp3) is 0.667. The van der Waals surface area contributed by atoms with Crippen molar-refractivity contribution in [3.8, 4) is 6.07 Å². The van der Waals surface area contributed by atoms with Crippen molar-refractivity contribution < 1.29 is 14.3 Å². The first-order valence-electron chi connectivity index (χ1n) is 4.10. The van der Waals surface area contributed by atoms with Gasteiger partial charge in [-0.2, -0.15) is 5.26 Å². The summed E-state index contributed by atoms with van der Waals surface area (Å²) in [4.78, 5) is 23.8. The Morgan fingerprint density at radius 1 is 1.50 bits per heavy atom. The zero-order chi connectivity index (χ0) is 11.4. The van der Waals surface area contributed by atoms with Crippen LogP contribution in [0.15, 0.2) is 0 Å². The second-order valence-electron chi connectivity index (χ2n) is 3.34. The highest BCUT2D eigenvalue weighted by molar-refractivity contribution is 5.87. The summed E-state index contributed by atoms with van der Waals surface area (Å²) >= 11 is 0. The van der Waals surface area contributed by atoms with Crippen molar-refractivity contribution in [2.45, 2.75) is 25.8 Å². The quantitative estimate of drug-likeness (QED) is 0.612. The number of likely N-dealkylation sites (N-methyl/N-ethyl adjacent to an activating group) is 1. The SMILES string of the molecule is COC(=O)C(C)(C)N(C)C(=O)CC#N.